The smallest absolute Gasteiger partial charge is 0.422 e. The molecule has 0 unspecified atom stereocenters. The van der Waals surface area contributed by atoms with Gasteiger partial charge in [-0.1, -0.05) is 13.8 Å². The Morgan fingerprint density at radius 1 is 0.792 bits per heavy atom. The highest BCUT2D eigenvalue weighted by molar-refractivity contribution is 5.80. The third-order valence-corrected chi connectivity index (χ3v) is 4.41. The molecule has 0 heterocycles. The standard InChI is InChI=1S/C13H15F9O2/c1-6-3-4-8(5-7(6)2)24-9(23)10(11(14,15)16,12(17,18)19)13(20,21)22/h6-8H,3-5H2,1-2H3/t6-,7-,8-/m0/s1. The first-order valence-electron chi connectivity index (χ1n) is 6.97. The first kappa shape index (κ1) is 20.9. The third-order valence-electron chi connectivity index (χ3n) is 4.41. The van der Waals surface area contributed by atoms with Gasteiger partial charge < -0.3 is 4.74 Å². The van der Waals surface area contributed by atoms with Crippen molar-refractivity contribution in [2.45, 2.75) is 57.7 Å². The van der Waals surface area contributed by atoms with E-state index in [1.807, 2.05) is 0 Å². The summed E-state index contributed by atoms with van der Waals surface area (Å²) in [6, 6.07) is 0. The first-order valence-corrected chi connectivity index (χ1v) is 6.97. The average molecular weight is 374 g/mol. The summed E-state index contributed by atoms with van der Waals surface area (Å²) in [5.74, 6) is -3.52. The number of hydrogen-bond acceptors (Lipinski definition) is 2. The second-order valence-corrected chi connectivity index (χ2v) is 6.04. The van der Waals surface area contributed by atoms with Gasteiger partial charge in [0.1, 0.15) is 6.10 Å². The second-order valence-electron chi connectivity index (χ2n) is 6.04. The molecule has 0 spiro atoms. The number of hydrogen-bond donors (Lipinski definition) is 0. The summed E-state index contributed by atoms with van der Waals surface area (Å²) in [5.41, 5.74) is -6.56. The minimum absolute atomic E-state index is 0.0672. The molecule has 0 saturated heterocycles. The van der Waals surface area contributed by atoms with Crippen LogP contribution in [0.25, 0.3) is 0 Å². The van der Waals surface area contributed by atoms with Gasteiger partial charge in [0, 0.05) is 0 Å². The van der Waals surface area contributed by atoms with E-state index < -0.39 is 36.0 Å². The molecular formula is C13H15F9O2. The molecule has 0 aromatic heterocycles. The number of alkyl halides is 9. The topological polar surface area (TPSA) is 26.3 Å². The molecule has 1 aliphatic rings. The second kappa shape index (κ2) is 6.29. The zero-order valence-electron chi connectivity index (χ0n) is 12.6. The SMILES string of the molecule is C[C@H]1CC[C@H](OC(=O)C(C(F)(F)F)(C(F)(F)F)C(F)(F)F)C[C@@H]1C. The van der Waals surface area contributed by atoms with Crippen LogP contribution >= 0.6 is 0 Å². The number of carbonyl (C=O) groups excluding carboxylic acids is 1. The highest BCUT2D eigenvalue weighted by atomic mass is 19.4. The largest absolute Gasteiger partial charge is 0.461 e. The van der Waals surface area contributed by atoms with Crippen LogP contribution in [0.2, 0.25) is 0 Å². The average Bonchev–Trinajstić information content (AvgIpc) is 2.28. The van der Waals surface area contributed by atoms with E-state index >= 15 is 0 Å². The van der Waals surface area contributed by atoms with Crippen LogP contribution in [-0.2, 0) is 9.53 Å². The molecule has 0 aliphatic heterocycles. The number of ether oxygens (including phenoxy) is 1. The minimum Gasteiger partial charge on any atom is -0.461 e. The highest BCUT2D eigenvalue weighted by Gasteiger charge is 2.89. The van der Waals surface area contributed by atoms with Gasteiger partial charge in [0.15, 0.2) is 0 Å². The molecule has 0 N–H and O–H groups in total. The summed E-state index contributed by atoms with van der Waals surface area (Å²) in [4.78, 5) is 11.5. The summed E-state index contributed by atoms with van der Waals surface area (Å²) in [6.07, 6.45) is -22.1. The summed E-state index contributed by atoms with van der Waals surface area (Å²) < 4.78 is 119. The quantitative estimate of drug-likeness (QED) is 0.501. The van der Waals surface area contributed by atoms with Crippen molar-refractivity contribution in [2.75, 3.05) is 0 Å². The Morgan fingerprint density at radius 2 is 1.21 bits per heavy atom. The third kappa shape index (κ3) is 3.44. The molecule has 1 rings (SSSR count). The summed E-state index contributed by atoms with van der Waals surface area (Å²) >= 11 is 0. The van der Waals surface area contributed by atoms with E-state index in [1.165, 1.54) is 0 Å². The van der Waals surface area contributed by atoms with Crippen molar-refractivity contribution >= 4 is 5.97 Å². The fourth-order valence-electron chi connectivity index (χ4n) is 2.67. The molecule has 1 aliphatic carbocycles. The molecule has 2 nitrogen and oxygen atoms in total. The highest BCUT2D eigenvalue weighted by Crippen LogP contribution is 2.60. The van der Waals surface area contributed by atoms with Gasteiger partial charge in [0.25, 0.3) is 0 Å². The Hall–Kier alpha value is -1.16. The van der Waals surface area contributed by atoms with Crippen molar-refractivity contribution in [3.63, 3.8) is 0 Å². The lowest BCUT2D eigenvalue weighted by molar-refractivity contribution is -0.412. The van der Waals surface area contributed by atoms with Crippen LogP contribution in [0.4, 0.5) is 39.5 Å². The van der Waals surface area contributed by atoms with Crippen LogP contribution in [0.15, 0.2) is 0 Å². The van der Waals surface area contributed by atoms with Gasteiger partial charge in [-0.25, -0.2) is 0 Å². The lowest BCUT2D eigenvalue weighted by atomic mass is 9.80. The minimum atomic E-state index is -6.94. The normalized spacial score (nSPS) is 27.0. The number of halogens is 9. The van der Waals surface area contributed by atoms with E-state index in [4.69, 9.17) is 0 Å². The lowest BCUT2D eigenvalue weighted by Gasteiger charge is -2.38. The maximum Gasteiger partial charge on any atom is 0.422 e. The van der Waals surface area contributed by atoms with Crippen molar-refractivity contribution < 1.29 is 49.0 Å². The van der Waals surface area contributed by atoms with Crippen molar-refractivity contribution in [3.8, 4) is 0 Å². The predicted octanol–water partition coefficient (Wildman–Crippen LogP) is 5.03. The van der Waals surface area contributed by atoms with Crippen LogP contribution in [0.3, 0.4) is 0 Å². The van der Waals surface area contributed by atoms with Gasteiger partial charge in [0.2, 0.25) is 0 Å². The number of esters is 1. The Labute approximate surface area is 131 Å². The Balaban J connectivity index is 3.23. The predicted molar refractivity (Wildman–Crippen MR) is 62.7 cm³/mol. The monoisotopic (exact) mass is 374 g/mol. The molecule has 1 saturated carbocycles. The van der Waals surface area contributed by atoms with E-state index in [9.17, 15) is 44.3 Å². The summed E-state index contributed by atoms with van der Waals surface area (Å²) in [5, 5.41) is 0. The van der Waals surface area contributed by atoms with Gasteiger partial charge in [-0.3, -0.25) is 4.79 Å². The molecule has 0 aromatic carbocycles. The van der Waals surface area contributed by atoms with Crippen LogP contribution in [0.5, 0.6) is 0 Å². The maximum atomic E-state index is 12.8. The molecule has 3 atom stereocenters. The number of carbonyl (C=O) groups is 1. The van der Waals surface area contributed by atoms with E-state index in [1.54, 1.807) is 13.8 Å². The maximum absolute atomic E-state index is 12.8. The van der Waals surface area contributed by atoms with Crippen molar-refractivity contribution in [3.05, 3.63) is 0 Å². The molecule has 0 radical (unpaired) electrons. The lowest BCUT2D eigenvalue weighted by Crippen LogP contribution is -2.65. The Kier molecular flexibility index (Phi) is 5.47. The van der Waals surface area contributed by atoms with Crippen LogP contribution in [-0.4, -0.2) is 30.6 Å². The zero-order chi connectivity index (χ0) is 19.1. The van der Waals surface area contributed by atoms with Crippen molar-refractivity contribution in [1.82, 2.24) is 0 Å². The van der Waals surface area contributed by atoms with Gasteiger partial charge in [-0.2, -0.15) is 39.5 Å². The van der Waals surface area contributed by atoms with Crippen LogP contribution in [0, 0.1) is 17.3 Å². The Bertz CT molecular complexity index is 427. The van der Waals surface area contributed by atoms with Crippen molar-refractivity contribution in [1.29, 1.82) is 0 Å². The fraction of sp³-hybridized carbons (Fsp3) is 0.923. The molecule has 142 valence electrons. The first-order chi connectivity index (χ1) is 10.6. The Morgan fingerprint density at radius 3 is 1.54 bits per heavy atom. The molecule has 0 amide bonds. The molecular weight excluding hydrogens is 359 g/mol. The van der Waals surface area contributed by atoms with Gasteiger partial charge >= 0.3 is 29.9 Å². The molecule has 11 heteroatoms. The number of rotatable bonds is 2. The van der Waals surface area contributed by atoms with Gasteiger partial charge in [-0.15, -0.1) is 0 Å². The van der Waals surface area contributed by atoms with Crippen molar-refractivity contribution in [2.24, 2.45) is 17.3 Å². The van der Waals surface area contributed by atoms with E-state index in [0.717, 1.165) is 0 Å². The summed E-state index contributed by atoms with van der Waals surface area (Å²) in [6.45, 7) is 3.39. The van der Waals surface area contributed by atoms with Gasteiger partial charge in [-0.05, 0) is 31.1 Å². The summed E-state index contributed by atoms with van der Waals surface area (Å²) in [7, 11) is 0. The molecule has 24 heavy (non-hydrogen) atoms. The molecule has 1 fully saturated rings. The van der Waals surface area contributed by atoms with Crippen LogP contribution < -0.4 is 0 Å². The molecule has 0 bridgehead atoms. The van der Waals surface area contributed by atoms with E-state index in [-0.39, 0.29) is 24.7 Å². The van der Waals surface area contributed by atoms with E-state index in [2.05, 4.69) is 4.74 Å². The zero-order valence-corrected chi connectivity index (χ0v) is 12.6. The van der Waals surface area contributed by atoms with Gasteiger partial charge in [0.05, 0.1) is 0 Å². The molecule has 0 aromatic rings. The fourth-order valence-corrected chi connectivity index (χ4v) is 2.67. The van der Waals surface area contributed by atoms with Crippen LogP contribution in [0.1, 0.15) is 33.1 Å². The van der Waals surface area contributed by atoms with E-state index in [0.29, 0.717) is 6.42 Å².